The van der Waals surface area contributed by atoms with Crippen LogP contribution in [0.2, 0.25) is 0 Å². The first-order valence-electron chi connectivity index (χ1n) is 5.08. The second-order valence-corrected chi connectivity index (χ2v) is 4.08. The summed E-state index contributed by atoms with van der Waals surface area (Å²) in [6.45, 7) is 0. The summed E-state index contributed by atoms with van der Waals surface area (Å²) in [6.07, 6.45) is 6.12. The third-order valence-electron chi connectivity index (χ3n) is 2.66. The predicted octanol–water partition coefficient (Wildman–Crippen LogP) is 1.07. The van der Waals surface area contributed by atoms with Gasteiger partial charge in [0.05, 0.1) is 12.0 Å². The van der Waals surface area contributed by atoms with Crippen LogP contribution >= 0.6 is 0 Å². The van der Waals surface area contributed by atoms with E-state index in [1.165, 1.54) is 12.8 Å². The lowest BCUT2D eigenvalue weighted by atomic mass is 10.3. The number of rotatable bonds is 2. The first kappa shape index (κ1) is 8.52. The van der Waals surface area contributed by atoms with Crippen LogP contribution in [-0.2, 0) is 7.05 Å². The van der Waals surface area contributed by atoms with Gasteiger partial charge in [-0.25, -0.2) is 4.98 Å². The highest BCUT2D eigenvalue weighted by Gasteiger charge is 2.27. The number of nitrogen functional groups attached to an aromatic ring is 1. The minimum absolute atomic E-state index is 0.622. The maximum atomic E-state index is 5.90. The Morgan fingerprint density at radius 2 is 2.27 bits per heavy atom. The van der Waals surface area contributed by atoms with Gasteiger partial charge in [0.2, 0.25) is 0 Å². The highest BCUT2D eigenvalue weighted by Crippen LogP contribution is 2.39. The Labute approximate surface area is 87.5 Å². The molecule has 2 aromatic heterocycles. The molecule has 0 aliphatic heterocycles. The van der Waals surface area contributed by atoms with Crippen LogP contribution < -0.4 is 5.73 Å². The van der Waals surface area contributed by atoms with E-state index in [4.69, 9.17) is 5.73 Å². The van der Waals surface area contributed by atoms with Crippen molar-refractivity contribution in [2.45, 2.75) is 18.8 Å². The first-order chi connectivity index (χ1) is 7.24. The van der Waals surface area contributed by atoms with E-state index in [2.05, 4.69) is 10.1 Å². The molecule has 1 saturated carbocycles. The van der Waals surface area contributed by atoms with Gasteiger partial charge in [-0.3, -0.25) is 0 Å². The monoisotopic (exact) mass is 203 g/mol. The summed E-state index contributed by atoms with van der Waals surface area (Å²) >= 11 is 0. The average molecular weight is 203 g/mol. The van der Waals surface area contributed by atoms with Crippen molar-refractivity contribution in [1.82, 2.24) is 19.3 Å². The van der Waals surface area contributed by atoms with E-state index in [-0.39, 0.29) is 0 Å². The summed E-state index contributed by atoms with van der Waals surface area (Å²) in [5.41, 5.74) is 6.99. The van der Waals surface area contributed by atoms with E-state index in [9.17, 15) is 0 Å². The summed E-state index contributed by atoms with van der Waals surface area (Å²) in [6, 6.07) is 1.95. The predicted molar refractivity (Wildman–Crippen MR) is 56.7 cm³/mol. The molecular weight excluding hydrogens is 190 g/mol. The third-order valence-corrected chi connectivity index (χ3v) is 2.66. The fourth-order valence-corrected chi connectivity index (χ4v) is 1.69. The van der Waals surface area contributed by atoms with Crippen molar-refractivity contribution in [2.24, 2.45) is 7.05 Å². The summed E-state index contributed by atoms with van der Waals surface area (Å²) < 4.78 is 3.58. The molecule has 2 heterocycles. The van der Waals surface area contributed by atoms with Gasteiger partial charge in [-0.1, -0.05) is 0 Å². The van der Waals surface area contributed by atoms with E-state index < -0.39 is 0 Å². The lowest BCUT2D eigenvalue weighted by molar-refractivity contribution is 0.824. The summed E-state index contributed by atoms with van der Waals surface area (Å²) in [5.74, 6) is 2.06. The SMILES string of the molecule is Cn1cnc(-n2nc(C3CC3)cc2N)c1. The first-order valence-corrected chi connectivity index (χ1v) is 5.08. The van der Waals surface area contributed by atoms with Crippen molar-refractivity contribution in [1.29, 1.82) is 0 Å². The molecule has 2 N–H and O–H groups in total. The highest BCUT2D eigenvalue weighted by atomic mass is 15.4. The molecule has 0 aromatic carbocycles. The normalized spacial score (nSPS) is 15.8. The van der Waals surface area contributed by atoms with Crippen molar-refractivity contribution < 1.29 is 0 Å². The minimum Gasteiger partial charge on any atom is -0.384 e. The van der Waals surface area contributed by atoms with Crippen LogP contribution in [0.25, 0.3) is 5.82 Å². The van der Waals surface area contributed by atoms with Gasteiger partial charge < -0.3 is 10.3 Å². The van der Waals surface area contributed by atoms with Crippen LogP contribution in [0.15, 0.2) is 18.6 Å². The zero-order valence-corrected chi connectivity index (χ0v) is 8.59. The quantitative estimate of drug-likeness (QED) is 0.794. The topological polar surface area (TPSA) is 61.7 Å². The van der Waals surface area contributed by atoms with Crippen molar-refractivity contribution in [3.63, 3.8) is 0 Å². The Morgan fingerprint density at radius 1 is 1.47 bits per heavy atom. The Balaban J connectivity index is 2.03. The number of aromatic nitrogens is 4. The molecule has 1 fully saturated rings. The molecule has 0 bridgehead atoms. The maximum absolute atomic E-state index is 5.90. The Kier molecular flexibility index (Phi) is 1.62. The zero-order valence-electron chi connectivity index (χ0n) is 8.59. The van der Waals surface area contributed by atoms with Gasteiger partial charge in [-0.2, -0.15) is 9.78 Å². The van der Waals surface area contributed by atoms with Crippen LogP contribution in [-0.4, -0.2) is 19.3 Å². The number of anilines is 1. The number of nitrogens with zero attached hydrogens (tertiary/aromatic N) is 4. The smallest absolute Gasteiger partial charge is 0.173 e. The van der Waals surface area contributed by atoms with Crippen LogP contribution in [0.5, 0.6) is 0 Å². The largest absolute Gasteiger partial charge is 0.384 e. The van der Waals surface area contributed by atoms with Crippen LogP contribution in [0.3, 0.4) is 0 Å². The molecule has 0 radical (unpaired) electrons. The average Bonchev–Trinajstić information content (AvgIpc) is 2.86. The van der Waals surface area contributed by atoms with Crippen LogP contribution in [0.1, 0.15) is 24.5 Å². The van der Waals surface area contributed by atoms with Gasteiger partial charge in [0.1, 0.15) is 5.82 Å². The maximum Gasteiger partial charge on any atom is 0.173 e. The molecule has 5 nitrogen and oxygen atoms in total. The molecular formula is C10H13N5. The molecule has 15 heavy (non-hydrogen) atoms. The summed E-state index contributed by atoms with van der Waals surface area (Å²) in [7, 11) is 1.93. The van der Waals surface area contributed by atoms with E-state index in [0.29, 0.717) is 11.7 Å². The minimum atomic E-state index is 0.622. The number of aryl methyl sites for hydroxylation is 1. The van der Waals surface area contributed by atoms with Crippen molar-refractivity contribution in [2.75, 3.05) is 5.73 Å². The molecule has 1 aliphatic rings. The third kappa shape index (κ3) is 1.40. The zero-order chi connectivity index (χ0) is 10.4. The van der Waals surface area contributed by atoms with E-state index in [1.807, 2.05) is 23.9 Å². The molecule has 2 aromatic rings. The van der Waals surface area contributed by atoms with E-state index in [0.717, 1.165) is 11.5 Å². The molecule has 0 amide bonds. The Morgan fingerprint density at radius 3 is 2.87 bits per heavy atom. The van der Waals surface area contributed by atoms with Crippen LogP contribution in [0, 0.1) is 0 Å². The van der Waals surface area contributed by atoms with Crippen LogP contribution in [0.4, 0.5) is 5.82 Å². The Bertz CT molecular complexity index is 492. The van der Waals surface area contributed by atoms with E-state index >= 15 is 0 Å². The van der Waals surface area contributed by atoms with Gasteiger partial charge in [-0.15, -0.1) is 0 Å². The molecule has 1 aliphatic carbocycles. The second-order valence-electron chi connectivity index (χ2n) is 4.08. The van der Waals surface area contributed by atoms with Crippen molar-refractivity contribution in [3.05, 3.63) is 24.3 Å². The fourth-order valence-electron chi connectivity index (χ4n) is 1.69. The number of hydrogen-bond acceptors (Lipinski definition) is 3. The van der Waals surface area contributed by atoms with Crippen molar-refractivity contribution >= 4 is 5.82 Å². The standard InChI is InChI=1S/C10H13N5/c1-14-5-10(12-6-14)15-9(11)4-8(13-15)7-2-3-7/h4-7H,2-3,11H2,1H3. The van der Waals surface area contributed by atoms with E-state index in [1.54, 1.807) is 11.0 Å². The summed E-state index contributed by atoms with van der Waals surface area (Å²) in [4.78, 5) is 4.22. The van der Waals surface area contributed by atoms with Gasteiger partial charge in [0.25, 0.3) is 0 Å². The Hall–Kier alpha value is -1.78. The van der Waals surface area contributed by atoms with Crippen molar-refractivity contribution in [3.8, 4) is 5.82 Å². The molecule has 5 heteroatoms. The highest BCUT2D eigenvalue weighted by molar-refractivity contribution is 5.40. The number of nitrogens with two attached hydrogens (primary N) is 1. The van der Waals surface area contributed by atoms with Gasteiger partial charge >= 0.3 is 0 Å². The van der Waals surface area contributed by atoms with Gasteiger partial charge in [0, 0.05) is 25.2 Å². The molecule has 0 unspecified atom stereocenters. The number of imidazole rings is 1. The van der Waals surface area contributed by atoms with Gasteiger partial charge in [0.15, 0.2) is 5.82 Å². The lowest BCUT2D eigenvalue weighted by Gasteiger charge is -1.97. The summed E-state index contributed by atoms with van der Waals surface area (Å²) in [5, 5.41) is 4.47. The second kappa shape index (κ2) is 2.85. The molecule has 3 rings (SSSR count). The van der Waals surface area contributed by atoms with Gasteiger partial charge in [-0.05, 0) is 12.8 Å². The molecule has 0 atom stereocenters. The fraction of sp³-hybridized carbons (Fsp3) is 0.400. The number of hydrogen-bond donors (Lipinski definition) is 1. The molecule has 0 saturated heterocycles. The molecule has 78 valence electrons. The lowest BCUT2D eigenvalue weighted by Crippen LogP contribution is -2.02. The molecule has 0 spiro atoms.